The van der Waals surface area contributed by atoms with E-state index in [9.17, 15) is 13.2 Å². The molecule has 0 saturated heterocycles. The first-order valence-corrected chi connectivity index (χ1v) is 9.34. The Labute approximate surface area is 154 Å². The zero-order chi connectivity index (χ0) is 19.3. The van der Waals surface area contributed by atoms with Crippen LogP contribution < -0.4 is 10.1 Å². The van der Waals surface area contributed by atoms with Gasteiger partial charge in [0.25, 0.3) is 0 Å². The molecule has 0 spiro atoms. The van der Waals surface area contributed by atoms with Crippen LogP contribution in [0.15, 0.2) is 53.4 Å². The second kappa shape index (κ2) is 8.16. The molecule has 0 atom stereocenters. The molecule has 2 aromatic rings. The van der Waals surface area contributed by atoms with Crippen molar-refractivity contribution in [3.8, 4) is 5.75 Å². The molecule has 0 saturated carbocycles. The van der Waals surface area contributed by atoms with E-state index < -0.39 is 10.0 Å². The fraction of sp³-hybridized carbons (Fsp3) is 0.211. The van der Waals surface area contributed by atoms with Crippen molar-refractivity contribution in [1.29, 1.82) is 0 Å². The molecule has 0 aliphatic rings. The standard InChI is InChI=1S/C19H22N2O4S/c1-14-6-5-7-15(12-14)8-11-19(22)20-16-9-10-17(25-4)18(13-16)26(23,24)21(2)3/h5-13H,1-4H3,(H,20,22)/b11-8+. The zero-order valence-corrected chi connectivity index (χ0v) is 16.0. The molecule has 2 aromatic carbocycles. The summed E-state index contributed by atoms with van der Waals surface area (Å²) in [5, 5.41) is 2.67. The molecule has 0 fully saturated rings. The Morgan fingerprint density at radius 2 is 1.88 bits per heavy atom. The molecule has 26 heavy (non-hydrogen) atoms. The molecule has 0 aromatic heterocycles. The predicted octanol–water partition coefficient (Wildman–Crippen LogP) is 2.91. The van der Waals surface area contributed by atoms with Gasteiger partial charge in [-0.05, 0) is 36.8 Å². The van der Waals surface area contributed by atoms with Gasteiger partial charge in [-0.3, -0.25) is 4.79 Å². The summed E-state index contributed by atoms with van der Waals surface area (Å²) in [4.78, 5) is 12.1. The van der Waals surface area contributed by atoms with E-state index in [4.69, 9.17) is 4.74 Å². The van der Waals surface area contributed by atoms with Crippen LogP contribution in [0.2, 0.25) is 0 Å². The lowest BCUT2D eigenvalue weighted by atomic mass is 10.1. The van der Waals surface area contributed by atoms with Gasteiger partial charge in [0.05, 0.1) is 7.11 Å². The lowest BCUT2D eigenvalue weighted by Gasteiger charge is -2.15. The van der Waals surface area contributed by atoms with Crippen LogP contribution in [0.25, 0.3) is 6.08 Å². The van der Waals surface area contributed by atoms with E-state index in [-0.39, 0.29) is 16.6 Å². The normalized spacial score (nSPS) is 11.7. The quantitative estimate of drug-likeness (QED) is 0.789. The summed E-state index contributed by atoms with van der Waals surface area (Å²) in [6.07, 6.45) is 3.10. The maximum Gasteiger partial charge on any atom is 0.248 e. The average Bonchev–Trinajstić information content (AvgIpc) is 2.60. The SMILES string of the molecule is COc1ccc(NC(=O)/C=C/c2cccc(C)c2)cc1S(=O)(=O)N(C)C. The van der Waals surface area contributed by atoms with E-state index >= 15 is 0 Å². The van der Waals surface area contributed by atoms with Crippen molar-refractivity contribution < 1.29 is 17.9 Å². The topological polar surface area (TPSA) is 75.7 Å². The van der Waals surface area contributed by atoms with Gasteiger partial charge in [-0.2, -0.15) is 0 Å². The fourth-order valence-electron chi connectivity index (χ4n) is 2.28. The van der Waals surface area contributed by atoms with Crippen LogP contribution in [0.4, 0.5) is 5.69 Å². The predicted molar refractivity (Wildman–Crippen MR) is 103 cm³/mol. The number of carbonyl (C=O) groups is 1. The summed E-state index contributed by atoms with van der Waals surface area (Å²) in [6.45, 7) is 1.97. The van der Waals surface area contributed by atoms with Gasteiger partial charge in [-0.15, -0.1) is 0 Å². The molecule has 2 rings (SSSR count). The van der Waals surface area contributed by atoms with E-state index in [2.05, 4.69) is 5.32 Å². The molecular formula is C19H22N2O4S. The van der Waals surface area contributed by atoms with Crippen LogP contribution in [-0.4, -0.2) is 39.8 Å². The summed E-state index contributed by atoms with van der Waals surface area (Å²) < 4.78 is 31.0. The molecule has 1 N–H and O–H groups in total. The maximum absolute atomic E-state index is 12.4. The minimum absolute atomic E-state index is 0.00883. The maximum atomic E-state index is 12.4. The smallest absolute Gasteiger partial charge is 0.248 e. The summed E-state index contributed by atoms with van der Waals surface area (Å²) in [5.41, 5.74) is 2.37. The van der Waals surface area contributed by atoms with Crippen molar-refractivity contribution in [2.45, 2.75) is 11.8 Å². The number of rotatable bonds is 6. The Morgan fingerprint density at radius 1 is 1.15 bits per heavy atom. The number of carbonyl (C=O) groups excluding carboxylic acids is 1. The minimum Gasteiger partial charge on any atom is -0.495 e. The Bertz CT molecular complexity index is 934. The van der Waals surface area contributed by atoms with Gasteiger partial charge in [0.2, 0.25) is 15.9 Å². The van der Waals surface area contributed by atoms with Gasteiger partial charge in [0.15, 0.2) is 0 Å². The van der Waals surface area contributed by atoms with Crippen molar-refractivity contribution >= 4 is 27.7 Å². The van der Waals surface area contributed by atoms with Gasteiger partial charge in [-0.25, -0.2) is 12.7 Å². The van der Waals surface area contributed by atoms with Gasteiger partial charge in [0.1, 0.15) is 10.6 Å². The fourth-order valence-corrected chi connectivity index (χ4v) is 3.36. The number of amides is 1. The Morgan fingerprint density at radius 3 is 2.50 bits per heavy atom. The van der Waals surface area contributed by atoms with Crippen LogP contribution >= 0.6 is 0 Å². The number of hydrogen-bond donors (Lipinski definition) is 1. The average molecular weight is 374 g/mol. The van der Waals surface area contributed by atoms with E-state index in [1.165, 1.54) is 39.4 Å². The third kappa shape index (κ3) is 4.71. The zero-order valence-electron chi connectivity index (χ0n) is 15.2. The van der Waals surface area contributed by atoms with Gasteiger partial charge >= 0.3 is 0 Å². The largest absolute Gasteiger partial charge is 0.495 e. The highest BCUT2D eigenvalue weighted by Gasteiger charge is 2.22. The number of anilines is 1. The van der Waals surface area contributed by atoms with Crippen LogP contribution in [0.1, 0.15) is 11.1 Å². The number of hydrogen-bond acceptors (Lipinski definition) is 4. The molecule has 0 aliphatic carbocycles. The number of ether oxygens (including phenoxy) is 1. The van der Waals surface area contributed by atoms with Crippen molar-refractivity contribution in [3.63, 3.8) is 0 Å². The van der Waals surface area contributed by atoms with E-state index in [0.29, 0.717) is 5.69 Å². The summed E-state index contributed by atoms with van der Waals surface area (Å²) in [6, 6.07) is 12.2. The van der Waals surface area contributed by atoms with Crippen LogP contribution in [0, 0.1) is 6.92 Å². The second-order valence-corrected chi connectivity index (χ2v) is 8.01. The van der Waals surface area contributed by atoms with Gasteiger partial charge in [0, 0.05) is 25.9 Å². The van der Waals surface area contributed by atoms with E-state index in [1.807, 2.05) is 31.2 Å². The third-order valence-electron chi connectivity index (χ3n) is 3.66. The van der Waals surface area contributed by atoms with Crippen molar-refractivity contribution in [1.82, 2.24) is 4.31 Å². The minimum atomic E-state index is -3.70. The van der Waals surface area contributed by atoms with Gasteiger partial charge in [-0.1, -0.05) is 29.8 Å². The second-order valence-electron chi connectivity index (χ2n) is 5.89. The van der Waals surface area contributed by atoms with Crippen molar-refractivity contribution in [3.05, 3.63) is 59.7 Å². The van der Waals surface area contributed by atoms with Crippen molar-refractivity contribution in [2.24, 2.45) is 0 Å². The third-order valence-corrected chi connectivity index (χ3v) is 5.50. The first kappa shape index (κ1) is 19.7. The first-order valence-electron chi connectivity index (χ1n) is 7.90. The highest BCUT2D eigenvalue weighted by molar-refractivity contribution is 7.89. The first-order chi connectivity index (χ1) is 12.2. The molecule has 138 valence electrons. The summed E-state index contributed by atoms with van der Waals surface area (Å²) >= 11 is 0. The number of benzene rings is 2. The molecule has 7 heteroatoms. The number of nitrogens with zero attached hydrogens (tertiary/aromatic N) is 1. The van der Waals surface area contributed by atoms with Crippen molar-refractivity contribution in [2.75, 3.05) is 26.5 Å². The Kier molecular flexibility index (Phi) is 6.18. The number of methoxy groups -OCH3 is 1. The summed E-state index contributed by atoms with van der Waals surface area (Å²) in [7, 11) is 0.567. The molecule has 0 radical (unpaired) electrons. The number of aryl methyl sites for hydroxylation is 1. The molecule has 0 aliphatic heterocycles. The molecule has 0 heterocycles. The van der Waals surface area contributed by atoms with E-state index in [1.54, 1.807) is 12.1 Å². The highest BCUT2D eigenvalue weighted by atomic mass is 32.2. The highest BCUT2D eigenvalue weighted by Crippen LogP contribution is 2.28. The Hall–Kier alpha value is -2.64. The monoisotopic (exact) mass is 374 g/mol. The summed E-state index contributed by atoms with van der Waals surface area (Å²) in [5.74, 6) is -0.142. The Balaban J connectivity index is 2.23. The number of sulfonamides is 1. The van der Waals surface area contributed by atoms with Crippen LogP contribution in [-0.2, 0) is 14.8 Å². The lowest BCUT2D eigenvalue weighted by molar-refractivity contribution is -0.111. The molecule has 0 bridgehead atoms. The van der Waals surface area contributed by atoms with E-state index in [0.717, 1.165) is 15.4 Å². The molecule has 6 nitrogen and oxygen atoms in total. The lowest BCUT2D eigenvalue weighted by Crippen LogP contribution is -2.23. The molecular weight excluding hydrogens is 352 g/mol. The molecule has 1 amide bonds. The van der Waals surface area contributed by atoms with Crippen LogP contribution in [0.3, 0.4) is 0 Å². The van der Waals surface area contributed by atoms with Crippen LogP contribution in [0.5, 0.6) is 5.75 Å². The molecule has 0 unspecified atom stereocenters. The van der Waals surface area contributed by atoms with Gasteiger partial charge < -0.3 is 10.1 Å². The number of nitrogens with one attached hydrogen (secondary N) is 1.